The van der Waals surface area contributed by atoms with Gasteiger partial charge in [0.25, 0.3) is 5.91 Å². The van der Waals surface area contributed by atoms with Crippen LogP contribution in [-0.2, 0) is 4.74 Å². The van der Waals surface area contributed by atoms with E-state index in [0.717, 1.165) is 18.9 Å². The lowest BCUT2D eigenvalue weighted by Gasteiger charge is -2.27. The van der Waals surface area contributed by atoms with E-state index < -0.39 is 0 Å². The molecule has 0 saturated carbocycles. The Morgan fingerprint density at radius 1 is 1.13 bits per heavy atom. The summed E-state index contributed by atoms with van der Waals surface area (Å²) < 4.78 is 16.0. The number of nitrogens with zero attached hydrogens (tertiary/aromatic N) is 4. The number of H-pyrrole nitrogens is 1. The molecule has 1 amide bonds. The van der Waals surface area contributed by atoms with Crippen molar-refractivity contribution >= 4 is 17.5 Å². The lowest BCUT2D eigenvalue weighted by Crippen LogP contribution is -2.36. The zero-order chi connectivity index (χ0) is 20.9. The highest BCUT2D eigenvalue weighted by molar-refractivity contribution is 6.03. The molecule has 1 fully saturated rings. The van der Waals surface area contributed by atoms with E-state index in [2.05, 4.69) is 30.4 Å². The van der Waals surface area contributed by atoms with Crippen LogP contribution < -0.4 is 19.7 Å². The molecule has 3 heterocycles. The molecule has 1 aliphatic rings. The molecule has 0 aliphatic carbocycles. The number of anilines is 2. The van der Waals surface area contributed by atoms with Gasteiger partial charge >= 0.3 is 0 Å². The lowest BCUT2D eigenvalue weighted by atomic mass is 10.1. The monoisotopic (exact) mass is 410 g/mol. The van der Waals surface area contributed by atoms with Crippen LogP contribution in [-0.4, -0.2) is 66.6 Å². The molecule has 3 aromatic rings. The van der Waals surface area contributed by atoms with Crippen molar-refractivity contribution in [1.29, 1.82) is 0 Å². The van der Waals surface area contributed by atoms with Gasteiger partial charge in [-0.05, 0) is 24.3 Å². The van der Waals surface area contributed by atoms with Crippen LogP contribution in [0.15, 0.2) is 36.7 Å². The average molecular weight is 410 g/mol. The molecular formula is C20H22N6O4. The molecule has 1 aliphatic heterocycles. The van der Waals surface area contributed by atoms with Gasteiger partial charge in [0.05, 0.1) is 33.1 Å². The fraction of sp³-hybridized carbons (Fsp3) is 0.300. The summed E-state index contributed by atoms with van der Waals surface area (Å²) in [5, 5.41) is 9.79. The molecule has 156 valence electrons. The maximum atomic E-state index is 12.7. The van der Waals surface area contributed by atoms with Gasteiger partial charge in [-0.1, -0.05) is 0 Å². The number of amides is 1. The van der Waals surface area contributed by atoms with E-state index >= 15 is 0 Å². The van der Waals surface area contributed by atoms with Gasteiger partial charge in [0, 0.05) is 24.7 Å². The van der Waals surface area contributed by atoms with Gasteiger partial charge in [0.2, 0.25) is 0 Å². The van der Waals surface area contributed by atoms with Crippen LogP contribution in [0.5, 0.6) is 11.5 Å². The topological polar surface area (TPSA) is 114 Å². The van der Waals surface area contributed by atoms with Crippen LogP contribution in [0.2, 0.25) is 0 Å². The van der Waals surface area contributed by atoms with Gasteiger partial charge in [0.1, 0.15) is 35.2 Å². The van der Waals surface area contributed by atoms with Gasteiger partial charge in [-0.3, -0.25) is 9.89 Å². The number of nitrogens with one attached hydrogen (secondary N) is 2. The Morgan fingerprint density at radius 3 is 2.73 bits per heavy atom. The number of morpholine rings is 1. The Morgan fingerprint density at radius 2 is 1.97 bits per heavy atom. The molecule has 30 heavy (non-hydrogen) atoms. The fourth-order valence-electron chi connectivity index (χ4n) is 3.15. The first-order valence-electron chi connectivity index (χ1n) is 9.42. The Labute approximate surface area is 173 Å². The molecule has 0 bridgehead atoms. The number of hydrogen-bond donors (Lipinski definition) is 2. The average Bonchev–Trinajstić information content (AvgIpc) is 3.30. The number of ether oxygens (including phenoxy) is 3. The maximum Gasteiger partial charge on any atom is 0.274 e. The molecule has 10 heteroatoms. The predicted octanol–water partition coefficient (Wildman–Crippen LogP) is 1.97. The minimum Gasteiger partial charge on any atom is -0.497 e. The number of methoxy groups -OCH3 is 2. The second kappa shape index (κ2) is 8.78. The van der Waals surface area contributed by atoms with Gasteiger partial charge < -0.3 is 24.4 Å². The molecule has 0 radical (unpaired) electrons. The molecule has 0 atom stereocenters. The number of aromatic nitrogens is 4. The number of hydrogen-bond acceptors (Lipinski definition) is 8. The molecule has 1 aromatic carbocycles. The van der Waals surface area contributed by atoms with Crippen LogP contribution in [0.3, 0.4) is 0 Å². The molecule has 1 saturated heterocycles. The zero-order valence-electron chi connectivity index (χ0n) is 16.7. The minimum atomic E-state index is -0.359. The number of carbonyl (C=O) groups excluding carboxylic acids is 1. The highest BCUT2D eigenvalue weighted by Crippen LogP contribution is 2.32. The molecule has 0 unspecified atom stereocenters. The SMILES string of the molecule is COc1ccc(OC)c(-c2cc(C(=O)Nc3cc(N4CCOCC4)ncn3)[nH]n2)c1. The smallest absolute Gasteiger partial charge is 0.274 e. The number of benzene rings is 1. The third-order valence-electron chi connectivity index (χ3n) is 4.73. The second-order valence-electron chi connectivity index (χ2n) is 6.55. The number of carbonyl (C=O) groups is 1. The summed E-state index contributed by atoms with van der Waals surface area (Å²) >= 11 is 0. The van der Waals surface area contributed by atoms with Gasteiger partial charge in [-0.15, -0.1) is 0 Å². The van der Waals surface area contributed by atoms with E-state index in [1.807, 2.05) is 0 Å². The minimum absolute atomic E-state index is 0.293. The van der Waals surface area contributed by atoms with E-state index in [1.165, 1.54) is 6.33 Å². The predicted molar refractivity (Wildman–Crippen MR) is 110 cm³/mol. The molecule has 2 N–H and O–H groups in total. The summed E-state index contributed by atoms with van der Waals surface area (Å²) in [7, 11) is 3.16. The normalized spacial score (nSPS) is 13.7. The Hall–Kier alpha value is -3.66. The summed E-state index contributed by atoms with van der Waals surface area (Å²) in [6.07, 6.45) is 1.43. The van der Waals surface area contributed by atoms with Crippen molar-refractivity contribution in [3.63, 3.8) is 0 Å². The van der Waals surface area contributed by atoms with Crippen molar-refractivity contribution in [2.24, 2.45) is 0 Å². The molecule has 4 rings (SSSR count). The highest BCUT2D eigenvalue weighted by atomic mass is 16.5. The zero-order valence-corrected chi connectivity index (χ0v) is 16.7. The Balaban J connectivity index is 1.51. The van der Waals surface area contributed by atoms with E-state index in [4.69, 9.17) is 14.2 Å². The van der Waals surface area contributed by atoms with E-state index in [9.17, 15) is 4.79 Å². The summed E-state index contributed by atoms with van der Waals surface area (Å²) in [6.45, 7) is 2.79. The van der Waals surface area contributed by atoms with E-state index in [1.54, 1.807) is 44.6 Å². The first kappa shape index (κ1) is 19.6. The Kier molecular flexibility index (Phi) is 5.75. The Bertz CT molecular complexity index is 1030. The largest absolute Gasteiger partial charge is 0.497 e. The van der Waals surface area contributed by atoms with Crippen LogP contribution >= 0.6 is 0 Å². The number of aromatic amines is 1. The maximum absolute atomic E-state index is 12.7. The third-order valence-corrected chi connectivity index (χ3v) is 4.73. The van der Waals surface area contributed by atoms with E-state index in [-0.39, 0.29) is 5.91 Å². The highest BCUT2D eigenvalue weighted by Gasteiger charge is 2.17. The third kappa shape index (κ3) is 4.18. The quantitative estimate of drug-likeness (QED) is 0.634. The fourth-order valence-corrected chi connectivity index (χ4v) is 3.15. The van der Waals surface area contributed by atoms with Crippen molar-refractivity contribution in [3.8, 4) is 22.8 Å². The van der Waals surface area contributed by atoms with Crippen molar-refractivity contribution in [2.45, 2.75) is 0 Å². The second-order valence-corrected chi connectivity index (χ2v) is 6.55. The van der Waals surface area contributed by atoms with Crippen molar-refractivity contribution in [2.75, 3.05) is 50.7 Å². The van der Waals surface area contributed by atoms with Crippen LogP contribution in [0.1, 0.15) is 10.5 Å². The van der Waals surface area contributed by atoms with Crippen molar-refractivity contribution in [3.05, 3.63) is 42.4 Å². The van der Waals surface area contributed by atoms with Crippen LogP contribution in [0.4, 0.5) is 11.6 Å². The standard InChI is InChI=1S/C20H22N6O4/c1-28-13-3-4-17(29-2)14(9-13)15-10-16(25-24-15)20(27)23-18-11-19(22-12-21-18)26-5-7-30-8-6-26/h3-4,9-12H,5-8H2,1-2H3,(H,24,25)(H,21,22,23,27). The van der Waals surface area contributed by atoms with Crippen LogP contribution in [0, 0.1) is 0 Å². The van der Waals surface area contributed by atoms with Crippen molar-refractivity contribution < 1.29 is 19.0 Å². The van der Waals surface area contributed by atoms with Gasteiger partial charge in [-0.25, -0.2) is 9.97 Å². The van der Waals surface area contributed by atoms with Crippen LogP contribution in [0.25, 0.3) is 11.3 Å². The molecule has 2 aromatic heterocycles. The van der Waals surface area contributed by atoms with Crippen molar-refractivity contribution in [1.82, 2.24) is 20.2 Å². The summed E-state index contributed by atoms with van der Waals surface area (Å²) in [4.78, 5) is 23.2. The van der Waals surface area contributed by atoms with Gasteiger partial charge in [0.15, 0.2) is 0 Å². The number of rotatable bonds is 6. The molecular weight excluding hydrogens is 388 g/mol. The lowest BCUT2D eigenvalue weighted by molar-refractivity contribution is 0.102. The summed E-state index contributed by atoms with van der Waals surface area (Å²) in [5.41, 5.74) is 1.57. The first-order valence-corrected chi connectivity index (χ1v) is 9.42. The van der Waals surface area contributed by atoms with E-state index in [0.29, 0.717) is 47.5 Å². The molecule has 0 spiro atoms. The molecule has 10 nitrogen and oxygen atoms in total. The van der Waals surface area contributed by atoms with Gasteiger partial charge in [-0.2, -0.15) is 5.10 Å². The summed E-state index contributed by atoms with van der Waals surface area (Å²) in [6, 6.07) is 8.78. The summed E-state index contributed by atoms with van der Waals surface area (Å²) in [5.74, 6) is 2.08. The first-order chi connectivity index (χ1) is 14.7.